The molecule has 2 heterocycles. The fourth-order valence-electron chi connectivity index (χ4n) is 1.22. The van der Waals surface area contributed by atoms with Crippen LogP contribution in [-0.2, 0) is 0 Å². The topological polar surface area (TPSA) is 54.9 Å². The Hall–Kier alpha value is -2.37. The van der Waals surface area contributed by atoms with Crippen LogP contribution in [0.2, 0.25) is 0 Å². The molecule has 0 aliphatic carbocycles. The minimum Gasteiger partial charge on any atom is -0.306 e. The number of carbonyl (C=O) groups excluding carboxylic acids is 1. The van der Waals surface area contributed by atoms with Gasteiger partial charge in [0.15, 0.2) is 5.82 Å². The van der Waals surface area contributed by atoms with Gasteiger partial charge >= 0.3 is 0 Å². The first-order valence-electron chi connectivity index (χ1n) is 4.70. The van der Waals surface area contributed by atoms with E-state index in [0.717, 1.165) is 12.3 Å². The van der Waals surface area contributed by atoms with Crippen LogP contribution in [0.5, 0.6) is 0 Å². The Bertz CT molecular complexity index is 560. The van der Waals surface area contributed by atoms with Crippen LogP contribution in [0.15, 0.2) is 36.7 Å². The lowest BCUT2D eigenvalue weighted by atomic mass is 10.2. The van der Waals surface area contributed by atoms with Gasteiger partial charge in [-0.25, -0.2) is 9.37 Å². The summed E-state index contributed by atoms with van der Waals surface area (Å²) in [5.41, 5.74) is -0.175. The van der Waals surface area contributed by atoms with E-state index in [9.17, 15) is 13.6 Å². The number of nitrogens with one attached hydrogen (secondary N) is 1. The Labute approximate surface area is 95.3 Å². The third-order valence-corrected chi connectivity index (χ3v) is 1.97. The van der Waals surface area contributed by atoms with Crippen LogP contribution in [0, 0.1) is 11.8 Å². The Balaban J connectivity index is 2.20. The SMILES string of the molecule is O=C(Nc1cccc(F)n1)c1ccncc1F. The van der Waals surface area contributed by atoms with E-state index in [2.05, 4.69) is 15.3 Å². The third kappa shape index (κ3) is 2.60. The van der Waals surface area contributed by atoms with Crippen molar-refractivity contribution in [2.24, 2.45) is 0 Å². The molecule has 2 aromatic rings. The average Bonchev–Trinajstić information content (AvgIpc) is 2.29. The normalized spacial score (nSPS) is 10.0. The van der Waals surface area contributed by atoms with Crippen molar-refractivity contribution in [3.8, 4) is 0 Å². The molecular formula is C11H7F2N3O. The molecular weight excluding hydrogens is 228 g/mol. The van der Waals surface area contributed by atoms with Crippen LogP contribution in [0.25, 0.3) is 0 Å². The van der Waals surface area contributed by atoms with Gasteiger partial charge in [0.1, 0.15) is 5.82 Å². The van der Waals surface area contributed by atoms with Crippen LogP contribution in [0.4, 0.5) is 14.6 Å². The van der Waals surface area contributed by atoms with E-state index in [1.54, 1.807) is 0 Å². The number of amides is 1. The van der Waals surface area contributed by atoms with Crippen molar-refractivity contribution in [2.45, 2.75) is 0 Å². The van der Waals surface area contributed by atoms with Gasteiger partial charge in [-0.15, -0.1) is 0 Å². The molecule has 0 aliphatic rings. The number of rotatable bonds is 2. The molecule has 0 spiro atoms. The second-order valence-electron chi connectivity index (χ2n) is 3.16. The molecule has 17 heavy (non-hydrogen) atoms. The van der Waals surface area contributed by atoms with Gasteiger partial charge < -0.3 is 5.32 Å². The van der Waals surface area contributed by atoms with Crippen LogP contribution < -0.4 is 5.32 Å². The molecule has 0 atom stereocenters. The summed E-state index contributed by atoms with van der Waals surface area (Å²) >= 11 is 0. The second-order valence-corrected chi connectivity index (χ2v) is 3.16. The average molecular weight is 235 g/mol. The largest absolute Gasteiger partial charge is 0.306 e. The quantitative estimate of drug-likeness (QED) is 0.810. The summed E-state index contributed by atoms with van der Waals surface area (Å²) in [6, 6.07) is 5.16. The van der Waals surface area contributed by atoms with Crippen LogP contribution >= 0.6 is 0 Å². The number of nitrogens with zero attached hydrogens (tertiary/aromatic N) is 2. The molecule has 0 saturated carbocycles. The molecule has 2 aromatic heterocycles. The first kappa shape index (κ1) is 11.1. The molecule has 2 rings (SSSR count). The minimum atomic E-state index is -0.749. The van der Waals surface area contributed by atoms with E-state index in [1.807, 2.05) is 0 Å². The predicted octanol–water partition coefficient (Wildman–Crippen LogP) is 2.01. The summed E-state index contributed by atoms with van der Waals surface area (Å²) in [7, 11) is 0. The van der Waals surface area contributed by atoms with Crippen molar-refractivity contribution < 1.29 is 13.6 Å². The zero-order chi connectivity index (χ0) is 12.3. The predicted molar refractivity (Wildman–Crippen MR) is 56.3 cm³/mol. The monoisotopic (exact) mass is 235 g/mol. The van der Waals surface area contributed by atoms with Crippen molar-refractivity contribution in [3.63, 3.8) is 0 Å². The maximum atomic E-state index is 13.2. The highest BCUT2D eigenvalue weighted by Gasteiger charge is 2.11. The molecule has 0 fully saturated rings. The van der Waals surface area contributed by atoms with Crippen molar-refractivity contribution in [1.82, 2.24) is 9.97 Å². The first-order valence-corrected chi connectivity index (χ1v) is 4.70. The van der Waals surface area contributed by atoms with Gasteiger partial charge in [0, 0.05) is 6.20 Å². The lowest BCUT2D eigenvalue weighted by molar-refractivity contribution is 0.102. The molecule has 0 saturated heterocycles. The summed E-state index contributed by atoms with van der Waals surface area (Å²) in [6.07, 6.45) is 2.21. The maximum Gasteiger partial charge on any atom is 0.259 e. The van der Waals surface area contributed by atoms with Crippen LogP contribution in [0.3, 0.4) is 0 Å². The Morgan fingerprint density at radius 2 is 2.06 bits per heavy atom. The highest BCUT2D eigenvalue weighted by Crippen LogP contribution is 2.09. The van der Waals surface area contributed by atoms with Crippen molar-refractivity contribution in [1.29, 1.82) is 0 Å². The van der Waals surface area contributed by atoms with E-state index in [1.165, 1.54) is 24.4 Å². The van der Waals surface area contributed by atoms with E-state index in [0.29, 0.717) is 0 Å². The number of aromatic nitrogens is 2. The molecule has 1 N–H and O–H groups in total. The van der Waals surface area contributed by atoms with Gasteiger partial charge in [0.25, 0.3) is 5.91 Å². The van der Waals surface area contributed by atoms with E-state index >= 15 is 0 Å². The molecule has 6 heteroatoms. The van der Waals surface area contributed by atoms with E-state index in [-0.39, 0.29) is 11.4 Å². The van der Waals surface area contributed by atoms with Crippen molar-refractivity contribution >= 4 is 11.7 Å². The fourth-order valence-corrected chi connectivity index (χ4v) is 1.22. The highest BCUT2D eigenvalue weighted by molar-refractivity contribution is 6.03. The summed E-state index contributed by atoms with van der Waals surface area (Å²) < 4.78 is 26.0. The fraction of sp³-hybridized carbons (Fsp3) is 0. The molecule has 86 valence electrons. The molecule has 0 unspecified atom stereocenters. The van der Waals surface area contributed by atoms with E-state index < -0.39 is 17.7 Å². The van der Waals surface area contributed by atoms with Gasteiger partial charge in [-0.1, -0.05) is 6.07 Å². The summed E-state index contributed by atoms with van der Waals surface area (Å²) in [5.74, 6) is -2.16. The van der Waals surface area contributed by atoms with E-state index in [4.69, 9.17) is 0 Å². The summed E-state index contributed by atoms with van der Waals surface area (Å²) in [6.45, 7) is 0. The Morgan fingerprint density at radius 1 is 1.24 bits per heavy atom. The number of pyridine rings is 2. The first-order chi connectivity index (χ1) is 8.16. The lowest BCUT2D eigenvalue weighted by Crippen LogP contribution is -2.15. The van der Waals surface area contributed by atoms with Crippen LogP contribution in [-0.4, -0.2) is 15.9 Å². The number of carbonyl (C=O) groups is 1. The number of hydrogen-bond acceptors (Lipinski definition) is 3. The molecule has 0 radical (unpaired) electrons. The standard InChI is InChI=1S/C11H7F2N3O/c12-8-6-14-5-4-7(8)11(17)16-10-3-1-2-9(13)15-10/h1-6H,(H,15,16,17). The molecule has 0 bridgehead atoms. The van der Waals surface area contributed by atoms with Crippen molar-refractivity contribution in [3.05, 3.63) is 54.0 Å². The Kier molecular flexibility index (Phi) is 3.04. The van der Waals surface area contributed by atoms with Gasteiger partial charge in [0.05, 0.1) is 11.8 Å². The molecule has 1 amide bonds. The molecule has 4 nitrogen and oxygen atoms in total. The summed E-state index contributed by atoms with van der Waals surface area (Å²) in [5, 5.41) is 2.28. The lowest BCUT2D eigenvalue weighted by Gasteiger charge is -2.04. The second kappa shape index (κ2) is 4.65. The van der Waals surface area contributed by atoms with Gasteiger partial charge in [-0.3, -0.25) is 9.78 Å². The molecule has 0 aliphatic heterocycles. The van der Waals surface area contributed by atoms with Gasteiger partial charge in [-0.05, 0) is 18.2 Å². The number of anilines is 1. The molecule has 0 aromatic carbocycles. The number of halogens is 2. The van der Waals surface area contributed by atoms with Gasteiger partial charge in [-0.2, -0.15) is 4.39 Å². The highest BCUT2D eigenvalue weighted by atomic mass is 19.1. The zero-order valence-electron chi connectivity index (χ0n) is 8.52. The maximum absolute atomic E-state index is 13.2. The van der Waals surface area contributed by atoms with Crippen LogP contribution in [0.1, 0.15) is 10.4 Å². The van der Waals surface area contributed by atoms with Crippen molar-refractivity contribution in [2.75, 3.05) is 5.32 Å². The van der Waals surface area contributed by atoms with Gasteiger partial charge in [0.2, 0.25) is 5.95 Å². The zero-order valence-corrected chi connectivity index (χ0v) is 8.52. The number of hydrogen-bond donors (Lipinski definition) is 1. The summed E-state index contributed by atoms with van der Waals surface area (Å²) in [4.78, 5) is 18.6. The smallest absolute Gasteiger partial charge is 0.259 e. The Morgan fingerprint density at radius 3 is 2.76 bits per heavy atom. The minimum absolute atomic E-state index is 0.0196. The third-order valence-electron chi connectivity index (χ3n) is 1.97.